The van der Waals surface area contributed by atoms with E-state index in [4.69, 9.17) is 4.74 Å². The molecular weight excluding hydrogens is 290 g/mol. The lowest BCUT2D eigenvalue weighted by Crippen LogP contribution is -2.37. The lowest BCUT2D eigenvalue weighted by Gasteiger charge is -2.32. The molecular formula is C17H23N5O. The van der Waals surface area contributed by atoms with E-state index >= 15 is 0 Å². The first-order chi connectivity index (χ1) is 11.3. The van der Waals surface area contributed by atoms with Crippen LogP contribution in [-0.2, 0) is 24.9 Å². The van der Waals surface area contributed by atoms with Crippen LogP contribution < -0.4 is 0 Å². The summed E-state index contributed by atoms with van der Waals surface area (Å²) in [7, 11) is 1.98. The molecule has 0 amide bonds. The third kappa shape index (κ3) is 3.43. The summed E-state index contributed by atoms with van der Waals surface area (Å²) in [5, 5.41) is 8.57. The van der Waals surface area contributed by atoms with Crippen molar-refractivity contribution in [3.8, 4) is 0 Å². The van der Waals surface area contributed by atoms with E-state index in [9.17, 15) is 0 Å². The van der Waals surface area contributed by atoms with Crippen molar-refractivity contribution >= 4 is 0 Å². The summed E-state index contributed by atoms with van der Waals surface area (Å²) in [5.41, 5.74) is 3.32. The molecule has 0 aromatic carbocycles. The van der Waals surface area contributed by atoms with Crippen LogP contribution in [0.1, 0.15) is 35.8 Å². The van der Waals surface area contributed by atoms with Crippen LogP contribution in [0.4, 0.5) is 0 Å². The molecule has 0 bridgehead atoms. The van der Waals surface area contributed by atoms with E-state index in [0.29, 0.717) is 19.1 Å². The van der Waals surface area contributed by atoms with Crippen LogP contribution in [0.5, 0.6) is 0 Å². The van der Waals surface area contributed by atoms with E-state index in [1.807, 2.05) is 29.9 Å². The first-order valence-corrected chi connectivity index (χ1v) is 8.38. The molecule has 1 saturated carbocycles. The Morgan fingerprint density at radius 3 is 3.00 bits per heavy atom. The fourth-order valence-electron chi connectivity index (χ4n) is 3.42. The van der Waals surface area contributed by atoms with Gasteiger partial charge in [0, 0.05) is 38.8 Å². The fraction of sp³-hybridized carbons (Fsp3) is 0.588. The molecule has 1 aliphatic heterocycles. The molecule has 2 aromatic heterocycles. The molecule has 6 nitrogen and oxygen atoms in total. The first kappa shape index (κ1) is 14.8. The predicted octanol–water partition coefficient (Wildman–Crippen LogP) is 1.74. The van der Waals surface area contributed by atoms with Crippen LogP contribution in [0.3, 0.4) is 0 Å². The lowest BCUT2D eigenvalue weighted by molar-refractivity contribution is 0.0817. The predicted molar refractivity (Wildman–Crippen MR) is 85.6 cm³/mol. The second-order valence-electron chi connectivity index (χ2n) is 6.72. The molecule has 1 atom stereocenters. The van der Waals surface area contributed by atoms with Gasteiger partial charge in [-0.1, -0.05) is 11.3 Å². The molecule has 1 aliphatic carbocycles. The van der Waals surface area contributed by atoms with Crippen molar-refractivity contribution in [2.45, 2.75) is 31.9 Å². The molecule has 0 N–H and O–H groups in total. The van der Waals surface area contributed by atoms with Crippen molar-refractivity contribution < 1.29 is 4.74 Å². The monoisotopic (exact) mass is 313 g/mol. The van der Waals surface area contributed by atoms with Gasteiger partial charge in [-0.15, -0.1) is 5.10 Å². The molecule has 4 rings (SSSR count). The smallest absolute Gasteiger partial charge is 0.100 e. The highest BCUT2D eigenvalue weighted by atomic mass is 16.5. The molecule has 1 unspecified atom stereocenters. The Kier molecular flexibility index (Phi) is 4.10. The minimum Gasteiger partial charge on any atom is -0.374 e. The summed E-state index contributed by atoms with van der Waals surface area (Å²) in [6, 6.07) is 5.91. The van der Waals surface area contributed by atoms with Gasteiger partial charge in [0.05, 0.1) is 24.6 Å². The molecule has 1 fully saturated rings. The van der Waals surface area contributed by atoms with Gasteiger partial charge >= 0.3 is 0 Å². The van der Waals surface area contributed by atoms with E-state index in [2.05, 4.69) is 20.2 Å². The van der Waals surface area contributed by atoms with E-state index in [1.165, 1.54) is 25.1 Å². The number of aryl methyl sites for hydroxylation is 1. The van der Waals surface area contributed by atoms with Crippen LogP contribution in [0.2, 0.25) is 0 Å². The molecule has 0 radical (unpaired) electrons. The van der Waals surface area contributed by atoms with Crippen molar-refractivity contribution in [1.82, 2.24) is 24.9 Å². The second-order valence-corrected chi connectivity index (χ2v) is 6.72. The van der Waals surface area contributed by atoms with Crippen LogP contribution in [0.25, 0.3) is 0 Å². The normalized spacial score (nSPS) is 21.3. The number of nitrogens with zero attached hydrogens (tertiary/aromatic N) is 5. The number of pyridine rings is 1. The van der Waals surface area contributed by atoms with Gasteiger partial charge in [0.1, 0.15) is 5.69 Å². The van der Waals surface area contributed by atoms with E-state index in [1.54, 1.807) is 6.20 Å². The SMILES string of the molecule is Cn1nnc2c1C(COCc1ccccn1)CN(CC1CC1)C2. The lowest BCUT2D eigenvalue weighted by atomic mass is 9.98. The Bertz CT molecular complexity index is 652. The zero-order valence-corrected chi connectivity index (χ0v) is 13.6. The fourth-order valence-corrected chi connectivity index (χ4v) is 3.42. The van der Waals surface area contributed by atoms with Crippen molar-refractivity contribution in [1.29, 1.82) is 0 Å². The van der Waals surface area contributed by atoms with E-state index in [0.717, 1.165) is 30.4 Å². The maximum absolute atomic E-state index is 5.95. The van der Waals surface area contributed by atoms with Gasteiger partial charge in [0.25, 0.3) is 0 Å². The van der Waals surface area contributed by atoms with E-state index in [-0.39, 0.29) is 0 Å². The average molecular weight is 313 g/mol. The molecule has 2 aromatic rings. The number of hydrogen-bond acceptors (Lipinski definition) is 5. The molecule has 3 heterocycles. The maximum atomic E-state index is 5.95. The van der Waals surface area contributed by atoms with Gasteiger partial charge in [-0.25, -0.2) is 0 Å². The highest BCUT2D eigenvalue weighted by Gasteiger charge is 2.33. The van der Waals surface area contributed by atoms with Gasteiger partial charge < -0.3 is 4.74 Å². The Morgan fingerprint density at radius 1 is 1.30 bits per heavy atom. The van der Waals surface area contributed by atoms with Crippen LogP contribution in [0.15, 0.2) is 24.4 Å². The Morgan fingerprint density at radius 2 is 2.22 bits per heavy atom. The van der Waals surface area contributed by atoms with Gasteiger partial charge in [-0.2, -0.15) is 0 Å². The number of ether oxygens (including phenoxy) is 1. The molecule has 23 heavy (non-hydrogen) atoms. The third-order valence-electron chi connectivity index (χ3n) is 4.69. The average Bonchev–Trinajstić information content (AvgIpc) is 3.30. The number of rotatable bonds is 6. The summed E-state index contributed by atoms with van der Waals surface area (Å²) in [6.07, 6.45) is 4.56. The highest BCUT2D eigenvalue weighted by Crippen LogP contribution is 2.33. The zero-order chi connectivity index (χ0) is 15.6. The Labute approximate surface area is 136 Å². The van der Waals surface area contributed by atoms with Crippen molar-refractivity contribution in [3.05, 3.63) is 41.5 Å². The summed E-state index contributed by atoms with van der Waals surface area (Å²) in [6.45, 7) is 4.39. The van der Waals surface area contributed by atoms with Gasteiger partial charge in [0.15, 0.2) is 0 Å². The first-order valence-electron chi connectivity index (χ1n) is 8.38. The standard InChI is InChI=1S/C17H23N5O/c1-21-17-14(11-23-12-15-4-2-3-7-18-15)9-22(8-13-5-6-13)10-16(17)19-20-21/h2-4,7,13-14H,5-6,8-12H2,1H3. The summed E-state index contributed by atoms with van der Waals surface area (Å²) >= 11 is 0. The van der Waals surface area contributed by atoms with Crippen molar-refractivity contribution in [2.75, 3.05) is 19.7 Å². The van der Waals surface area contributed by atoms with Crippen molar-refractivity contribution in [3.63, 3.8) is 0 Å². The summed E-state index contributed by atoms with van der Waals surface area (Å²) < 4.78 is 7.87. The van der Waals surface area contributed by atoms with Gasteiger partial charge in [-0.3, -0.25) is 14.6 Å². The Hall–Kier alpha value is -1.79. The summed E-state index contributed by atoms with van der Waals surface area (Å²) in [5.74, 6) is 1.23. The maximum Gasteiger partial charge on any atom is 0.100 e. The molecule has 122 valence electrons. The van der Waals surface area contributed by atoms with Gasteiger partial charge in [0.2, 0.25) is 0 Å². The topological polar surface area (TPSA) is 56.1 Å². The molecule has 0 spiro atoms. The minimum atomic E-state index is 0.334. The molecule has 0 saturated heterocycles. The summed E-state index contributed by atoms with van der Waals surface area (Å²) in [4.78, 5) is 6.83. The zero-order valence-electron chi connectivity index (χ0n) is 13.6. The molecule has 6 heteroatoms. The molecule has 2 aliphatic rings. The van der Waals surface area contributed by atoms with Gasteiger partial charge in [-0.05, 0) is 30.9 Å². The van der Waals surface area contributed by atoms with E-state index < -0.39 is 0 Å². The second kappa shape index (κ2) is 6.37. The Balaban J connectivity index is 1.41. The van der Waals surface area contributed by atoms with Crippen molar-refractivity contribution in [2.24, 2.45) is 13.0 Å². The van der Waals surface area contributed by atoms with Crippen LogP contribution >= 0.6 is 0 Å². The quantitative estimate of drug-likeness (QED) is 0.813. The third-order valence-corrected chi connectivity index (χ3v) is 4.69. The minimum absolute atomic E-state index is 0.334. The largest absolute Gasteiger partial charge is 0.374 e. The number of aromatic nitrogens is 4. The van der Waals surface area contributed by atoms with Crippen LogP contribution in [-0.4, -0.2) is 44.6 Å². The number of fused-ring (bicyclic) bond motifs is 1. The van der Waals surface area contributed by atoms with Crippen LogP contribution in [0, 0.1) is 5.92 Å². The highest BCUT2D eigenvalue weighted by molar-refractivity contribution is 5.19. The number of hydrogen-bond donors (Lipinski definition) is 0.